The molecule has 0 aromatic carbocycles. The summed E-state index contributed by atoms with van der Waals surface area (Å²) in [7, 11) is 0. The maximum atomic E-state index is 12.0. The number of carbonyl (C=O) groups excluding carboxylic acids is 3. The normalized spacial score (nSPS) is 34.8. The van der Waals surface area contributed by atoms with E-state index in [0.717, 1.165) is 6.41 Å². The fourth-order valence-corrected chi connectivity index (χ4v) is 3.08. The number of nitrogens with zero attached hydrogens (tertiary/aromatic N) is 1. The van der Waals surface area contributed by atoms with E-state index in [4.69, 9.17) is 0 Å². The van der Waals surface area contributed by atoms with Gasteiger partial charge in [0.05, 0.1) is 6.04 Å². The fourth-order valence-electron chi connectivity index (χ4n) is 3.08. The minimum Gasteiger partial charge on any atom is -0.345 e. The SMILES string of the molecule is CC(C=O)NC(=O)[C@@H]1[C@@H]2[C@H](CN1C=O)C2(C)C. The van der Waals surface area contributed by atoms with Crippen molar-refractivity contribution in [3.8, 4) is 0 Å². The smallest absolute Gasteiger partial charge is 0.243 e. The molecule has 0 spiro atoms. The predicted molar refractivity (Wildman–Crippen MR) is 61.0 cm³/mol. The van der Waals surface area contributed by atoms with Crippen molar-refractivity contribution < 1.29 is 14.4 Å². The summed E-state index contributed by atoms with van der Waals surface area (Å²) in [5, 5.41) is 2.62. The second-order valence-corrected chi connectivity index (χ2v) is 5.63. The third-order valence-corrected chi connectivity index (χ3v) is 4.22. The molecule has 17 heavy (non-hydrogen) atoms. The molecule has 1 saturated carbocycles. The summed E-state index contributed by atoms with van der Waals surface area (Å²) in [5.41, 5.74) is 0.131. The molecule has 1 aliphatic carbocycles. The average molecular weight is 238 g/mol. The van der Waals surface area contributed by atoms with Crippen molar-refractivity contribution in [2.45, 2.75) is 32.9 Å². The van der Waals surface area contributed by atoms with E-state index < -0.39 is 12.1 Å². The Labute approximate surface area is 101 Å². The minimum atomic E-state index is -0.503. The van der Waals surface area contributed by atoms with Crippen LogP contribution in [0.4, 0.5) is 0 Å². The van der Waals surface area contributed by atoms with Gasteiger partial charge in [-0.15, -0.1) is 0 Å². The summed E-state index contributed by atoms with van der Waals surface area (Å²) >= 11 is 0. The number of hydrogen-bond acceptors (Lipinski definition) is 3. The number of amides is 2. The van der Waals surface area contributed by atoms with Crippen LogP contribution in [0.1, 0.15) is 20.8 Å². The van der Waals surface area contributed by atoms with Crippen LogP contribution in [-0.2, 0) is 14.4 Å². The van der Waals surface area contributed by atoms with Crippen LogP contribution in [0.15, 0.2) is 0 Å². The predicted octanol–water partition coefficient (Wildman–Crippen LogP) is -0.197. The zero-order valence-electron chi connectivity index (χ0n) is 10.3. The molecule has 4 atom stereocenters. The van der Waals surface area contributed by atoms with E-state index in [1.54, 1.807) is 11.8 Å². The van der Waals surface area contributed by atoms with E-state index in [2.05, 4.69) is 19.2 Å². The maximum absolute atomic E-state index is 12.0. The molecule has 5 heteroatoms. The first-order valence-electron chi connectivity index (χ1n) is 5.90. The third kappa shape index (κ3) is 1.73. The molecule has 2 aliphatic rings. The Morgan fingerprint density at radius 3 is 2.65 bits per heavy atom. The quantitative estimate of drug-likeness (QED) is 0.690. The molecular formula is C12H18N2O3. The number of rotatable bonds is 4. The molecule has 0 bridgehead atoms. The second-order valence-electron chi connectivity index (χ2n) is 5.63. The van der Waals surface area contributed by atoms with Gasteiger partial charge in [0, 0.05) is 6.54 Å². The van der Waals surface area contributed by atoms with E-state index in [1.807, 2.05) is 0 Å². The Kier molecular flexibility index (Phi) is 2.72. The van der Waals surface area contributed by atoms with E-state index in [0.29, 0.717) is 18.7 Å². The number of hydrogen-bond donors (Lipinski definition) is 1. The lowest BCUT2D eigenvalue weighted by atomic mass is 10.0. The van der Waals surface area contributed by atoms with Crippen molar-refractivity contribution in [3.63, 3.8) is 0 Å². The molecule has 2 rings (SSSR count). The van der Waals surface area contributed by atoms with Gasteiger partial charge >= 0.3 is 0 Å². The Morgan fingerprint density at radius 2 is 2.12 bits per heavy atom. The summed E-state index contributed by atoms with van der Waals surface area (Å²) < 4.78 is 0. The highest BCUT2D eigenvalue weighted by Gasteiger charge is 2.68. The summed E-state index contributed by atoms with van der Waals surface area (Å²) in [6.45, 7) is 6.51. The highest BCUT2D eigenvalue weighted by Crippen LogP contribution is 2.64. The van der Waals surface area contributed by atoms with Gasteiger partial charge in [-0.25, -0.2) is 0 Å². The Morgan fingerprint density at radius 1 is 1.47 bits per heavy atom. The standard InChI is InChI=1S/C12H18N2O3/c1-7(5-15)13-11(17)10-9-8(12(9,2)3)4-14(10)6-16/h5-10H,4H2,1-3H3,(H,13,17)/t7?,8-,9-,10-/m0/s1. The fraction of sp³-hybridized carbons (Fsp3) is 0.750. The van der Waals surface area contributed by atoms with Gasteiger partial charge in [0.25, 0.3) is 0 Å². The number of fused-ring (bicyclic) bond motifs is 1. The molecule has 2 amide bonds. The third-order valence-electron chi connectivity index (χ3n) is 4.22. The van der Waals surface area contributed by atoms with E-state index in [-0.39, 0.29) is 17.2 Å². The summed E-state index contributed by atoms with van der Waals surface area (Å²) in [5.74, 6) is 0.427. The molecule has 5 nitrogen and oxygen atoms in total. The van der Waals surface area contributed by atoms with Gasteiger partial charge in [-0.1, -0.05) is 13.8 Å². The van der Waals surface area contributed by atoms with Gasteiger partial charge in [0.1, 0.15) is 12.3 Å². The molecule has 94 valence electrons. The zero-order chi connectivity index (χ0) is 12.8. The van der Waals surface area contributed by atoms with E-state index in [9.17, 15) is 14.4 Å². The van der Waals surface area contributed by atoms with Gasteiger partial charge in [-0.3, -0.25) is 9.59 Å². The number of nitrogens with one attached hydrogen (secondary N) is 1. The highest BCUT2D eigenvalue weighted by molar-refractivity contribution is 5.87. The molecular weight excluding hydrogens is 220 g/mol. The lowest BCUT2D eigenvalue weighted by Gasteiger charge is -2.27. The molecule has 1 aliphatic heterocycles. The van der Waals surface area contributed by atoms with Crippen LogP contribution in [0, 0.1) is 17.3 Å². The van der Waals surface area contributed by atoms with Gasteiger partial charge in [0.2, 0.25) is 12.3 Å². The Bertz CT molecular complexity index is 367. The largest absolute Gasteiger partial charge is 0.345 e. The van der Waals surface area contributed by atoms with Crippen LogP contribution in [0.5, 0.6) is 0 Å². The lowest BCUT2D eigenvalue weighted by molar-refractivity contribution is -0.134. The first-order valence-corrected chi connectivity index (χ1v) is 5.90. The monoisotopic (exact) mass is 238 g/mol. The Hall–Kier alpha value is -1.39. The van der Waals surface area contributed by atoms with Gasteiger partial charge in [-0.05, 0) is 24.2 Å². The number of aldehydes is 1. The average Bonchev–Trinajstić information content (AvgIpc) is 2.67. The van der Waals surface area contributed by atoms with Crippen LogP contribution in [0.3, 0.4) is 0 Å². The molecule has 1 heterocycles. The van der Waals surface area contributed by atoms with Crippen molar-refractivity contribution in [3.05, 3.63) is 0 Å². The molecule has 0 radical (unpaired) electrons. The van der Waals surface area contributed by atoms with Crippen LogP contribution in [-0.4, -0.2) is 42.1 Å². The van der Waals surface area contributed by atoms with Crippen molar-refractivity contribution in [2.75, 3.05) is 6.54 Å². The number of carbonyl (C=O) groups is 3. The maximum Gasteiger partial charge on any atom is 0.243 e. The van der Waals surface area contributed by atoms with Crippen LogP contribution in [0.25, 0.3) is 0 Å². The van der Waals surface area contributed by atoms with E-state index in [1.165, 1.54) is 0 Å². The lowest BCUT2D eigenvalue weighted by Crippen LogP contribution is -2.49. The van der Waals surface area contributed by atoms with Crippen molar-refractivity contribution in [2.24, 2.45) is 17.3 Å². The first kappa shape index (κ1) is 12.1. The first-order chi connectivity index (χ1) is 7.93. The minimum absolute atomic E-state index is 0.131. The number of piperidine rings is 1. The van der Waals surface area contributed by atoms with Gasteiger partial charge < -0.3 is 15.0 Å². The molecule has 2 fully saturated rings. The summed E-state index contributed by atoms with van der Waals surface area (Å²) in [6.07, 6.45) is 1.42. The van der Waals surface area contributed by atoms with Crippen LogP contribution >= 0.6 is 0 Å². The summed E-state index contributed by atoms with van der Waals surface area (Å²) in [4.78, 5) is 35.0. The van der Waals surface area contributed by atoms with Crippen molar-refractivity contribution >= 4 is 18.6 Å². The summed E-state index contributed by atoms with van der Waals surface area (Å²) in [6, 6.07) is -0.910. The van der Waals surface area contributed by atoms with Crippen molar-refractivity contribution in [1.82, 2.24) is 10.2 Å². The van der Waals surface area contributed by atoms with Crippen LogP contribution in [0.2, 0.25) is 0 Å². The van der Waals surface area contributed by atoms with Crippen molar-refractivity contribution in [1.29, 1.82) is 0 Å². The van der Waals surface area contributed by atoms with Gasteiger partial charge in [0.15, 0.2) is 0 Å². The van der Waals surface area contributed by atoms with Crippen LogP contribution < -0.4 is 5.32 Å². The number of likely N-dealkylation sites (tertiary alicyclic amines) is 1. The second kappa shape index (κ2) is 3.82. The topological polar surface area (TPSA) is 66.5 Å². The molecule has 1 N–H and O–H groups in total. The molecule has 1 unspecified atom stereocenters. The molecule has 0 aromatic heterocycles. The molecule has 1 saturated heterocycles. The highest BCUT2D eigenvalue weighted by atomic mass is 16.2. The zero-order valence-corrected chi connectivity index (χ0v) is 10.3. The Balaban J connectivity index is 2.09. The van der Waals surface area contributed by atoms with E-state index >= 15 is 0 Å². The van der Waals surface area contributed by atoms with Gasteiger partial charge in [-0.2, -0.15) is 0 Å². The molecule has 0 aromatic rings.